The third-order valence-corrected chi connectivity index (χ3v) is 5.80. The molecule has 6 nitrogen and oxygen atoms in total. The molecule has 0 saturated heterocycles. The van der Waals surface area contributed by atoms with Gasteiger partial charge >= 0.3 is 6.09 Å². The molecule has 1 aliphatic rings. The molecule has 2 aromatic rings. The quantitative estimate of drug-likeness (QED) is 0.786. The maximum atomic E-state index is 12.6. The Balaban J connectivity index is 2.00. The number of carbonyl (C=O) groups is 2. The van der Waals surface area contributed by atoms with Crippen molar-refractivity contribution in [3.8, 4) is 11.1 Å². The van der Waals surface area contributed by atoms with Crippen molar-refractivity contribution in [3.05, 3.63) is 77.7 Å². The Morgan fingerprint density at radius 2 is 1.71 bits per heavy atom. The van der Waals surface area contributed by atoms with Crippen molar-refractivity contribution >= 4 is 28.5 Å². The fourth-order valence-electron chi connectivity index (χ4n) is 3.04. The molecule has 1 N–H and O–H groups in total. The topological polar surface area (TPSA) is 89.5 Å². The standard InChI is InChI=1S/C20H18BNO5S/c1-14-13-15(9-10-16(14)19(23)21-11-5-6-12-21)17-7-3-4-8-18(17)28(25,26)22-20(24)27-2/h3-13H,1-2H3,(H,22,24). The Labute approximate surface area is 164 Å². The van der Waals surface area contributed by atoms with Crippen LogP contribution in [0, 0.1) is 6.92 Å². The molecule has 0 bridgehead atoms. The Morgan fingerprint density at radius 1 is 1.04 bits per heavy atom. The van der Waals surface area contributed by atoms with E-state index in [0.29, 0.717) is 16.7 Å². The van der Waals surface area contributed by atoms with E-state index < -0.39 is 16.1 Å². The van der Waals surface area contributed by atoms with Crippen LogP contribution in [0.3, 0.4) is 0 Å². The van der Waals surface area contributed by atoms with E-state index in [2.05, 4.69) is 4.74 Å². The maximum absolute atomic E-state index is 12.6. The highest BCUT2D eigenvalue weighted by Crippen LogP contribution is 2.29. The Kier molecular flexibility index (Phi) is 5.51. The van der Waals surface area contributed by atoms with Crippen LogP contribution < -0.4 is 4.72 Å². The Hall–Kier alpha value is -3.13. The van der Waals surface area contributed by atoms with E-state index in [1.807, 2.05) is 35.7 Å². The second-order valence-corrected chi connectivity index (χ2v) is 7.93. The summed E-state index contributed by atoms with van der Waals surface area (Å²) in [5.74, 6) is 3.66. The minimum Gasteiger partial charge on any atom is -0.452 e. The van der Waals surface area contributed by atoms with Gasteiger partial charge in [-0.15, -0.1) is 12.0 Å². The monoisotopic (exact) mass is 395 g/mol. The van der Waals surface area contributed by atoms with Gasteiger partial charge in [0.1, 0.15) is 5.68 Å². The molecule has 0 saturated carbocycles. The van der Waals surface area contributed by atoms with Crippen LogP contribution in [0.2, 0.25) is 0 Å². The summed E-state index contributed by atoms with van der Waals surface area (Å²) >= 11 is 0. The number of amides is 1. The van der Waals surface area contributed by atoms with Crippen molar-refractivity contribution in [2.75, 3.05) is 7.11 Å². The number of rotatable bonds is 5. The largest absolute Gasteiger partial charge is 0.452 e. The minimum absolute atomic E-state index is 0.0117. The molecule has 1 heterocycles. The molecule has 0 spiro atoms. The molecule has 2 aromatic carbocycles. The number of nitrogens with one attached hydrogen (secondary N) is 1. The molecule has 0 aromatic heterocycles. The van der Waals surface area contributed by atoms with Gasteiger partial charge in [-0.2, -0.15) is 0 Å². The summed E-state index contributed by atoms with van der Waals surface area (Å²) in [7, 11) is -3.02. The molecule has 0 fully saturated rings. The van der Waals surface area contributed by atoms with Crippen molar-refractivity contribution in [1.29, 1.82) is 0 Å². The SMILES string of the molecule is COC(=O)NS(=O)(=O)c1ccccc1-c1ccc(C(=O)B2C=CC=C2)c(C)c1. The second kappa shape index (κ2) is 7.86. The zero-order chi connectivity index (χ0) is 20.3. The summed E-state index contributed by atoms with van der Waals surface area (Å²) in [4.78, 5) is 24.0. The summed E-state index contributed by atoms with van der Waals surface area (Å²) in [6.45, 7) is 1.53. The summed E-state index contributed by atoms with van der Waals surface area (Å²) < 4.78 is 31.3. The van der Waals surface area contributed by atoms with Gasteiger partial charge in [0.15, 0.2) is 0 Å². The van der Waals surface area contributed by atoms with E-state index in [9.17, 15) is 18.0 Å². The number of sulfonamides is 1. The van der Waals surface area contributed by atoms with Crippen LogP contribution in [0.15, 0.2) is 71.5 Å². The van der Waals surface area contributed by atoms with E-state index >= 15 is 0 Å². The molecular weight excluding hydrogens is 377 g/mol. The van der Waals surface area contributed by atoms with Crippen molar-refractivity contribution in [2.24, 2.45) is 0 Å². The molecule has 0 radical (unpaired) electrons. The predicted molar refractivity (Wildman–Crippen MR) is 108 cm³/mol. The van der Waals surface area contributed by atoms with E-state index in [0.717, 1.165) is 12.7 Å². The fourth-order valence-corrected chi connectivity index (χ4v) is 4.19. The van der Waals surface area contributed by atoms with Crippen molar-refractivity contribution in [1.82, 2.24) is 4.72 Å². The van der Waals surface area contributed by atoms with E-state index in [1.165, 1.54) is 6.07 Å². The van der Waals surface area contributed by atoms with Gasteiger partial charge in [0, 0.05) is 11.1 Å². The molecule has 0 aliphatic carbocycles. The van der Waals surface area contributed by atoms with Gasteiger partial charge in [0.25, 0.3) is 16.7 Å². The van der Waals surface area contributed by atoms with Gasteiger partial charge in [0.2, 0.25) is 0 Å². The van der Waals surface area contributed by atoms with Crippen LogP contribution >= 0.6 is 0 Å². The van der Waals surface area contributed by atoms with Crippen LogP contribution in [0.1, 0.15) is 15.9 Å². The number of aryl methyl sites for hydroxylation is 1. The number of benzene rings is 2. The highest BCUT2D eigenvalue weighted by atomic mass is 32.2. The molecule has 142 valence electrons. The number of carbonyl (C=O) groups excluding carboxylic acids is 2. The first kappa shape index (κ1) is 19.6. The third-order valence-electron chi connectivity index (χ3n) is 4.43. The smallest absolute Gasteiger partial charge is 0.420 e. The Bertz CT molecular complexity index is 1090. The average Bonchev–Trinajstić information content (AvgIpc) is 3.22. The van der Waals surface area contributed by atoms with Crippen molar-refractivity contribution < 1.29 is 22.7 Å². The highest BCUT2D eigenvalue weighted by molar-refractivity contribution is 7.90. The van der Waals surface area contributed by atoms with Crippen molar-refractivity contribution in [2.45, 2.75) is 11.8 Å². The van der Waals surface area contributed by atoms with Crippen LogP contribution in [-0.4, -0.2) is 34.0 Å². The number of hydrogen-bond donors (Lipinski definition) is 1. The zero-order valence-electron chi connectivity index (χ0n) is 15.4. The Morgan fingerprint density at radius 3 is 2.36 bits per heavy atom. The predicted octanol–water partition coefficient (Wildman–Crippen LogP) is 3.13. The first-order chi connectivity index (χ1) is 13.3. The summed E-state index contributed by atoms with van der Waals surface area (Å²) in [6.07, 6.45) is 2.60. The number of methoxy groups -OCH3 is 1. The van der Waals surface area contributed by atoms with Gasteiger partial charge in [-0.05, 0) is 24.1 Å². The first-order valence-electron chi connectivity index (χ1n) is 8.53. The molecule has 8 heteroatoms. The zero-order valence-corrected chi connectivity index (χ0v) is 16.2. The first-order valence-corrected chi connectivity index (χ1v) is 10.0. The molecule has 0 atom stereocenters. The van der Waals surface area contributed by atoms with Gasteiger partial charge in [-0.3, -0.25) is 0 Å². The lowest BCUT2D eigenvalue weighted by Crippen LogP contribution is -2.30. The third kappa shape index (κ3) is 3.92. The fraction of sp³-hybridized carbons (Fsp3) is 0.100. The molecule has 1 amide bonds. The van der Waals surface area contributed by atoms with Crippen LogP contribution in [-0.2, 0) is 14.8 Å². The lowest BCUT2D eigenvalue weighted by molar-refractivity contribution is 0.107. The molecule has 1 aliphatic heterocycles. The van der Waals surface area contributed by atoms with Gasteiger partial charge in [-0.25, -0.2) is 17.9 Å². The maximum Gasteiger partial charge on any atom is 0.420 e. The summed E-state index contributed by atoms with van der Waals surface area (Å²) in [5, 5.41) is 0. The summed E-state index contributed by atoms with van der Waals surface area (Å²) in [6, 6.07) is 11.5. The van der Waals surface area contributed by atoms with Gasteiger partial charge < -0.3 is 9.53 Å². The van der Waals surface area contributed by atoms with E-state index in [4.69, 9.17) is 0 Å². The number of hydrogen-bond acceptors (Lipinski definition) is 5. The van der Waals surface area contributed by atoms with Crippen LogP contribution in [0.5, 0.6) is 0 Å². The highest BCUT2D eigenvalue weighted by Gasteiger charge is 2.24. The normalized spacial score (nSPS) is 12.9. The van der Waals surface area contributed by atoms with E-state index in [1.54, 1.807) is 36.4 Å². The minimum atomic E-state index is -4.11. The number of allylic oxidation sites excluding steroid dienone is 2. The second-order valence-electron chi connectivity index (χ2n) is 6.28. The van der Waals surface area contributed by atoms with Gasteiger partial charge in [-0.1, -0.05) is 48.6 Å². The van der Waals surface area contributed by atoms with Crippen LogP contribution in [0.25, 0.3) is 11.1 Å². The van der Waals surface area contributed by atoms with Crippen molar-refractivity contribution in [3.63, 3.8) is 0 Å². The molecular formula is C20H18BNO5S. The molecule has 0 unspecified atom stereocenters. The molecule has 28 heavy (non-hydrogen) atoms. The average molecular weight is 395 g/mol. The number of ether oxygens (including phenoxy) is 1. The lowest BCUT2D eigenvalue weighted by atomic mass is 9.47. The molecule has 3 rings (SSSR count). The van der Waals surface area contributed by atoms with Gasteiger partial charge in [0.05, 0.1) is 12.0 Å². The van der Waals surface area contributed by atoms with Crippen LogP contribution in [0.4, 0.5) is 4.79 Å². The van der Waals surface area contributed by atoms with E-state index in [-0.39, 0.29) is 17.3 Å². The lowest BCUT2D eigenvalue weighted by Gasteiger charge is -2.13. The summed E-state index contributed by atoms with van der Waals surface area (Å²) in [5.41, 5.74) is 2.35.